The molecule has 35 heavy (non-hydrogen) atoms. The van der Waals surface area contributed by atoms with Gasteiger partial charge < -0.3 is 21.3 Å². The number of fused-ring (bicyclic) bond motifs is 2. The molecular weight excluding hydrogens is 432 g/mol. The fraction of sp³-hybridized carbons (Fsp3) is 0.567. The summed E-state index contributed by atoms with van der Waals surface area (Å²) in [6, 6.07) is 15.6. The first-order valence-electron chi connectivity index (χ1n) is 13.8. The molecule has 4 N–H and O–H groups in total. The van der Waals surface area contributed by atoms with Crippen LogP contribution in [0.25, 0.3) is 0 Å². The molecule has 2 saturated carbocycles. The van der Waals surface area contributed by atoms with Crippen molar-refractivity contribution in [2.24, 2.45) is 17.3 Å². The van der Waals surface area contributed by atoms with Crippen LogP contribution in [0.1, 0.15) is 75.1 Å². The molecule has 2 aliphatic carbocycles. The van der Waals surface area contributed by atoms with E-state index in [0.717, 1.165) is 17.5 Å². The van der Waals surface area contributed by atoms with E-state index in [4.69, 9.17) is 5.73 Å². The number of hydrogen-bond donors (Lipinski definition) is 3. The number of amides is 1. The van der Waals surface area contributed by atoms with Crippen LogP contribution in [0, 0.1) is 17.3 Å². The lowest BCUT2D eigenvalue weighted by Crippen LogP contribution is -2.48. The number of likely N-dealkylation sites (tertiary alicyclic amines) is 1. The van der Waals surface area contributed by atoms with Crippen molar-refractivity contribution in [3.05, 3.63) is 54.1 Å². The first kappa shape index (κ1) is 24.2. The molecule has 3 atom stereocenters. The van der Waals surface area contributed by atoms with Gasteiger partial charge in [0.1, 0.15) is 0 Å². The molecule has 3 aliphatic rings. The molecule has 0 aromatic heterocycles. The van der Waals surface area contributed by atoms with Gasteiger partial charge in [-0.25, -0.2) is 0 Å². The maximum absolute atomic E-state index is 12.6. The summed E-state index contributed by atoms with van der Waals surface area (Å²) in [6.07, 6.45) is 12.6. The molecule has 2 aromatic carbocycles. The number of carbonyl (C=O) groups is 1. The van der Waals surface area contributed by atoms with Crippen LogP contribution in [0.5, 0.6) is 0 Å². The van der Waals surface area contributed by atoms with Gasteiger partial charge in [0.05, 0.1) is 11.4 Å². The molecule has 5 rings (SSSR count). The molecule has 3 unspecified atom stereocenters. The Morgan fingerprint density at radius 2 is 1.83 bits per heavy atom. The Kier molecular flexibility index (Phi) is 7.33. The summed E-state index contributed by atoms with van der Waals surface area (Å²) < 4.78 is 0. The van der Waals surface area contributed by atoms with Gasteiger partial charge in [-0.3, -0.25) is 4.79 Å². The highest BCUT2D eigenvalue weighted by Gasteiger charge is 2.43. The number of nitrogens with zero attached hydrogens (tertiary/aromatic N) is 1. The highest BCUT2D eigenvalue weighted by atomic mass is 16.1. The Bertz CT molecular complexity index is 998. The molecule has 0 spiro atoms. The zero-order valence-electron chi connectivity index (χ0n) is 21.3. The molecule has 5 heteroatoms. The van der Waals surface area contributed by atoms with Crippen LogP contribution in [0.3, 0.4) is 0 Å². The number of piperidine rings is 1. The Morgan fingerprint density at radius 3 is 2.57 bits per heavy atom. The van der Waals surface area contributed by atoms with Crippen LogP contribution in [-0.2, 0) is 0 Å². The van der Waals surface area contributed by atoms with Gasteiger partial charge in [0, 0.05) is 36.9 Å². The predicted molar refractivity (Wildman–Crippen MR) is 146 cm³/mol. The Hall–Kier alpha value is -2.53. The summed E-state index contributed by atoms with van der Waals surface area (Å²) in [5, 5.41) is 6.61. The molecule has 5 nitrogen and oxygen atoms in total. The van der Waals surface area contributed by atoms with Gasteiger partial charge in [0.15, 0.2) is 0 Å². The van der Waals surface area contributed by atoms with Crippen molar-refractivity contribution in [2.75, 3.05) is 36.0 Å². The molecule has 1 saturated heterocycles. The van der Waals surface area contributed by atoms with Crippen molar-refractivity contribution in [3.63, 3.8) is 0 Å². The van der Waals surface area contributed by atoms with Crippen LogP contribution in [0.4, 0.5) is 17.1 Å². The van der Waals surface area contributed by atoms with E-state index in [-0.39, 0.29) is 5.91 Å². The maximum Gasteiger partial charge on any atom is 0.255 e. The van der Waals surface area contributed by atoms with E-state index in [9.17, 15) is 4.79 Å². The minimum absolute atomic E-state index is 0.139. The standard InChI is InChI=1S/C30H42N4O/c1-2-22-18-23-6-5-15-30(19-22,20-23)21-34-16-13-26(14-17-34)32-25-11-9-24(10-12-25)29(35)33-28-8-4-3-7-27(28)31/h3-4,7-12,22-23,26,32H,2,5-6,13-21,31H2,1H3,(H,33,35). The molecular formula is C30H42N4O. The molecule has 2 aromatic rings. The fourth-order valence-corrected chi connectivity index (χ4v) is 7.12. The number of nitrogens with two attached hydrogens (primary N) is 1. The van der Waals surface area contributed by atoms with Gasteiger partial charge >= 0.3 is 0 Å². The second-order valence-electron chi connectivity index (χ2n) is 11.5. The zero-order valence-corrected chi connectivity index (χ0v) is 21.3. The normalized spacial score (nSPS) is 27.3. The van der Waals surface area contributed by atoms with Crippen molar-refractivity contribution < 1.29 is 4.79 Å². The van der Waals surface area contributed by atoms with Gasteiger partial charge in [0.25, 0.3) is 5.91 Å². The molecule has 1 amide bonds. The molecule has 188 valence electrons. The first-order chi connectivity index (χ1) is 17.0. The van der Waals surface area contributed by atoms with Crippen LogP contribution in [0.2, 0.25) is 0 Å². The van der Waals surface area contributed by atoms with E-state index in [1.807, 2.05) is 42.5 Å². The van der Waals surface area contributed by atoms with Crippen molar-refractivity contribution in [1.82, 2.24) is 4.90 Å². The topological polar surface area (TPSA) is 70.4 Å². The third kappa shape index (κ3) is 5.83. The Labute approximate surface area is 210 Å². The van der Waals surface area contributed by atoms with Gasteiger partial charge in [-0.15, -0.1) is 0 Å². The number of hydrogen-bond acceptors (Lipinski definition) is 4. The maximum atomic E-state index is 12.6. The minimum Gasteiger partial charge on any atom is -0.397 e. The van der Waals surface area contributed by atoms with Crippen LogP contribution >= 0.6 is 0 Å². The van der Waals surface area contributed by atoms with Gasteiger partial charge in [-0.1, -0.05) is 38.3 Å². The highest BCUT2D eigenvalue weighted by Crippen LogP contribution is 2.52. The number of para-hydroxylation sites is 2. The smallest absolute Gasteiger partial charge is 0.255 e. The number of nitrogens with one attached hydrogen (secondary N) is 2. The number of carbonyl (C=O) groups excluding carboxylic acids is 1. The van der Waals surface area contributed by atoms with E-state index in [0.29, 0.717) is 28.4 Å². The first-order valence-corrected chi connectivity index (χ1v) is 13.8. The van der Waals surface area contributed by atoms with E-state index >= 15 is 0 Å². The van der Waals surface area contributed by atoms with Crippen LogP contribution in [0.15, 0.2) is 48.5 Å². The third-order valence-electron chi connectivity index (χ3n) is 8.88. The summed E-state index contributed by atoms with van der Waals surface area (Å²) in [5.74, 6) is 1.82. The van der Waals surface area contributed by atoms with Gasteiger partial charge in [0.2, 0.25) is 0 Å². The molecule has 1 aliphatic heterocycles. The Morgan fingerprint density at radius 1 is 1.06 bits per heavy atom. The molecule has 2 bridgehead atoms. The predicted octanol–water partition coefficient (Wildman–Crippen LogP) is 6.39. The van der Waals surface area contributed by atoms with E-state index in [1.165, 1.54) is 77.4 Å². The summed E-state index contributed by atoms with van der Waals surface area (Å²) >= 11 is 0. The Balaban J connectivity index is 1.10. The van der Waals surface area contributed by atoms with Crippen LogP contribution in [-0.4, -0.2) is 36.5 Å². The van der Waals surface area contributed by atoms with Crippen LogP contribution < -0.4 is 16.4 Å². The largest absolute Gasteiger partial charge is 0.397 e. The van der Waals surface area contributed by atoms with E-state index < -0.39 is 0 Å². The number of nitrogen functional groups attached to an aromatic ring is 1. The summed E-state index contributed by atoms with van der Waals surface area (Å²) in [4.78, 5) is 15.4. The fourth-order valence-electron chi connectivity index (χ4n) is 7.12. The number of anilines is 3. The quantitative estimate of drug-likeness (QED) is 0.406. The number of benzene rings is 2. The lowest BCUT2D eigenvalue weighted by atomic mass is 9.58. The van der Waals surface area contributed by atoms with Gasteiger partial charge in [-0.05, 0) is 92.2 Å². The summed E-state index contributed by atoms with van der Waals surface area (Å²) in [6.45, 7) is 6.11. The van der Waals surface area contributed by atoms with Crippen molar-refractivity contribution >= 4 is 23.0 Å². The average molecular weight is 475 g/mol. The van der Waals surface area contributed by atoms with Crippen molar-refractivity contribution in [1.29, 1.82) is 0 Å². The van der Waals surface area contributed by atoms with Gasteiger partial charge in [-0.2, -0.15) is 0 Å². The minimum atomic E-state index is -0.139. The number of rotatable bonds is 7. The SMILES string of the molecule is CCC1CC2CCCC(CN3CCC(Nc4ccc(C(=O)Nc5ccccc5N)cc4)CC3)(C1)C2. The molecule has 0 radical (unpaired) electrons. The van der Waals surface area contributed by atoms with Crippen molar-refractivity contribution in [2.45, 2.75) is 70.8 Å². The lowest BCUT2D eigenvalue weighted by molar-refractivity contribution is 0.00171. The summed E-state index contributed by atoms with van der Waals surface area (Å²) in [7, 11) is 0. The second kappa shape index (κ2) is 10.6. The third-order valence-corrected chi connectivity index (χ3v) is 8.88. The van der Waals surface area contributed by atoms with Crippen molar-refractivity contribution in [3.8, 4) is 0 Å². The monoisotopic (exact) mass is 474 g/mol. The van der Waals surface area contributed by atoms with E-state index in [1.54, 1.807) is 6.07 Å². The highest BCUT2D eigenvalue weighted by molar-refractivity contribution is 6.05. The molecule has 1 heterocycles. The molecule has 3 fully saturated rings. The summed E-state index contributed by atoms with van der Waals surface area (Å²) in [5.41, 5.74) is 9.49. The second-order valence-corrected chi connectivity index (χ2v) is 11.5. The van der Waals surface area contributed by atoms with E-state index in [2.05, 4.69) is 22.5 Å². The zero-order chi connectivity index (χ0) is 24.3. The average Bonchev–Trinajstić information content (AvgIpc) is 2.86. The lowest BCUT2D eigenvalue weighted by Gasteiger charge is -2.51.